The topological polar surface area (TPSA) is 72.2 Å². The Morgan fingerprint density at radius 2 is 1.76 bits per heavy atom. The van der Waals surface area contributed by atoms with Gasteiger partial charge in [-0.25, -0.2) is 13.1 Å². The van der Waals surface area contributed by atoms with E-state index in [1.165, 1.54) is 6.07 Å². The summed E-state index contributed by atoms with van der Waals surface area (Å²) in [4.78, 5) is 0.0129. The maximum Gasteiger partial charge on any atom is 0.243 e. The van der Waals surface area contributed by atoms with E-state index in [9.17, 15) is 8.42 Å². The van der Waals surface area contributed by atoms with Crippen LogP contribution in [0.25, 0.3) is 0 Å². The van der Waals surface area contributed by atoms with Crippen molar-refractivity contribution >= 4 is 44.6 Å². The molecule has 0 atom stereocenters. The minimum absolute atomic E-state index is 0.0129. The number of nitrogens with one attached hydrogen (secondary N) is 1. The van der Waals surface area contributed by atoms with E-state index in [1.54, 1.807) is 0 Å². The molecule has 0 saturated carbocycles. The van der Waals surface area contributed by atoms with Crippen molar-refractivity contribution in [1.29, 1.82) is 0 Å². The highest BCUT2D eigenvalue weighted by Gasteiger charge is 2.20. The zero-order chi connectivity index (χ0) is 15.5. The maximum atomic E-state index is 12.1. The molecular weight excluding hydrogens is 351 g/mol. The first-order chi connectivity index (χ1) is 9.92. The maximum absolute atomic E-state index is 12.1. The van der Waals surface area contributed by atoms with Gasteiger partial charge in [-0.2, -0.15) is 0 Å². The molecule has 0 aliphatic rings. The van der Waals surface area contributed by atoms with Gasteiger partial charge >= 0.3 is 0 Å². The van der Waals surface area contributed by atoms with Crippen molar-refractivity contribution in [3.63, 3.8) is 0 Å². The van der Waals surface area contributed by atoms with Gasteiger partial charge in [-0.05, 0) is 30.2 Å². The minimum atomic E-state index is -3.66. The first-order valence-corrected chi connectivity index (χ1v) is 9.20. The third-order valence-electron chi connectivity index (χ3n) is 2.84. The normalized spacial score (nSPS) is 11.8. The molecule has 1 aromatic carbocycles. The van der Waals surface area contributed by atoms with Crippen LogP contribution in [-0.2, 0) is 23.0 Å². The fraction of sp³-hybridized carbons (Fsp3) is 0.231. The predicted molar refractivity (Wildman–Crippen MR) is 87.6 cm³/mol. The molecule has 0 aliphatic carbocycles. The predicted octanol–water partition coefficient (Wildman–Crippen LogP) is 3.03. The van der Waals surface area contributed by atoms with Gasteiger partial charge < -0.3 is 5.73 Å². The van der Waals surface area contributed by atoms with E-state index in [1.807, 2.05) is 24.3 Å². The van der Waals surface area contributed by atoms with E-state index in [-0.39, 0.29) is 15.8 Å². The Bertz CT molecular complexity index is 712. The molecule has 2 rings (SSSR count). The van der Waals surface area contributed by atoms with Crippen LogP contribution in [0.1, 0.15) is 11.1 Å². The van der Waals surface area contributed by atoms with Gasteiger partial charge in [0.25, 0.3) is 0 Å². The Morgan fingerprint density at radius 1 is 1.14 bits per heavy atom. The summed E-state index contributed by atoms with van der Waals surface area (Å²) in [5.41, 5.74) is 7.46. The molecule has 3 N–H and O–H groups in total. The second-order valence-corrected chi connectivity index (χ2v) is 8.39. The number of rotatable bonds is 6. The molecule has 0 saturated heterocycles. The van der Waals surface area contributed by atoms with E-state index in [2.05, 4.69) is 4.72 Å². The standard InChI is InChI=1S/C13H14Cl2N2O2S2/c14-12-7-11(13(15)20-12)21(18,19)17-8-10-3-1-9(2-4-10)5-6-16/h1-4,7,17H,5-6,8,16H2. The fourth-order valence-electron chi connectivity index (χ4n) is 1.75. The largest absolute Gasteiger partial charge is 0.330 e. The second kappa shape index (κ2) is 7.09. The molecule has 2 aromatic rings. The average molecular weight is 365 g/mol. The van der Waals surface area contributed by atoms with Gasteiger partial charge in [0.1, 0.15) is 9.23 Å². The molecule has 0 spiro atoms. The van der Waals surface area contributed by atoms with Crippen LogP contribution < -0.4 is 10.5 Å². The van der Waals surface area contributed by atoms with Crippen LogP contribution in [0.15, 0.2) is 35.2 Å². The first-order valence-electron chi connectivity index (χ1n) is 6.15. The molecular formula is C13H14Cl2N2O2S2. The first kappa shape index (κ1) is 16.7. The fourth-order valence-corrected chi connectivity index (χ4v) is 4.92. The molecule has 0 fully saturated rings. The third-order valence-corrected chi connectivity index (χ3v) is 5.99. The van der Waals surface area contributed by atoms with Crippen LogP contribution in [0, 0.1) is 0 Å². The number of hydrogen-bond acceptors (Lipinski definition) is 4. The molecule has 114 valence electrons. The van der Waals surface area contributed by atoms with Crippen LogP contribution in [0.5, 0.6) is 0 Å². The summed E-state index contributed by atoms with van der Waals surface area (Å²) in [5.74, 6) is 0. The van der Waals surface area contributed by atoms with E-state index in [0.29, 0.717) is 10.9 Å². The highest BCUT2D eigenvalue weighted by atomic mass is 35.5. The number of nitrogens with two attached hydrogens (primary N) is 1. The molecule has 1 heterocycles. The number of halogens is 2. The van der Waals surface area contributed by atoms with E-state index < -0.39 is 10.0 Å². The lowest BCUT2D eigenvalue weighted by atomic mass is 10.1. The summed E-state index contributed by atoms with van der Waals surface area (Å²) in [6.07, 6.45) is 0.801. The van der Waals surface area contributed by atoms with Gasteiger partial charge in [0, 0.05) is 6.54 Å². The van der Waals surface area contributed by atoms with E-state index in [0.717, 1.165) is 28.9 Å². The zero-order valence-corrected chi connectivity index (χ0v) is 14.1. The van der Waals surface area contributed by atoms with Crippen molar-refractivity contribution in [3.05, 3.63) is 50.1 Å². The number of thiophene rings is 1. The van der Waals surface area contributed by atoms with Gasteiger partial charge in [-0.15, -0.1) is 11.3 Å². The summed E-state index contributed by atoms with van der Waals surface area (Å²) >= 11 is 12.7. The SMILES string of the molecule is NCCc1ccc(CNS(=O)(=O)c2cc(Cl)sc2Cl)cc1. The average Bonchev–Trinajstić information content (AvgIpc) is 2.78. The summed E-state index contributed by atoms with van der Waals surface area (Å²) in [6, 6.07) is 8.96. The van der Waals surface area contributed by atoms with Crippen LogP contribution >= 0.6 is 34.5 Å². The Morgan fingerprint density at radius 3 is 2.29 bits per heavy atom. The molecule has 0 amide bonds. The van der Waals surface area contributed by atoms with Crippen LogP contribution in [0.2, 0.25) is 8.67 Å². The summed E-state index contributed by atoms with van der Waals surface area (Å²) in [7, 11) is -3.66. The number of hydrogen-bond donors (Lipinski definition) is 2. The second-order valence-electron chi connectivity index (χ2n) is 4.37. The van der Waals surface area contributed by atoms with Crippen LogP contribution in [0.4, 0.5) is 0 Å². The molecule has 1 aromatic heterocycles. The van der Waals surface area contributed by atoms with Gasteiger partial charge in [0.15, 0.2) is 0 Å². The molecule has 0 radical (unpaired) electrons. The molecule has 0 aliphatic heterocycles. The Balaban J connectivity index is 2.06. The van der Waals surface area contributed by atoms with E-state index >= 15 is 0 Å². The summed E-state index contributed by atoms with van der Waals surface area (Å²) < 4.78 is 27.3. The van der Waals surface area contributed by atoms with Gasteiger partial charge in [-0.1, -0.05) is 47.5 Å². The lowest BCUT2D eigenvalue weighted by molar-refractivity contribution is 0.582. The Hall–Kier alpha value is -0.630. The van der Waals surface area contributed by atoms with Crippen molar-refractivity contribution in [3.8, 4) is 0 Å². The van der Waals surface area contributed by atoms with Crippen LogP contribution in [-0.4, -0.2) is 15.0 Å². The minimum Gasteiger partial charge on any atom is -0.330 e. The highest BCUT2D eigenvalue weighted by Crippen LogP contribution is 2.34. The van der Waals surface area contributed by atoms with Gasteiger partial charge in [0.05, 0.1) is 4.34 Å². The van der Waals surface area contributed by atoms with Gasteiger partial charge in [0.2, 0.25) is 10.0 Å². The lowest BCUT2D eigenvalue weighted by Gasteiger charge is -2.06. The van der Waals surface area contributed by atoms with Gasteiger partial charge in [-0.3, -0.25) is 0 Å². The van der Waals surface area contributed by atoms with Crippen molar-refractivity contribution < 1.29 is 8.42 Å². The molecule has 0 unspecified atom stereocenters. The van der Waals surface area contributed by atoms with Crippen molar-refractivity contribution in [1.82, 2.24) is 4.72 Å². The smallest absolute Gasteiger partial charge is 0.243 e. The molecule has 0 bridgehead atoms. The lowest BCUT2D eigenvalue weighted by Crippen LogP contribution is -2.23. The molecule has 4 nitrogen and oxygen atoms in total. The van der Waals surface area contributed by atoms with Crippen molar-refractivity contribution in [2.45, 2.75) is 17.9 Å². The van der Waals surface area contributed by atoms with E-state index in [4.69, 9.17) is 28.9 Å². The molecule has 21 heavy (non-hydrogen) atoms. The Labute approximate surface area is 137 Å². The summed E-state index contributed by atoms with van der Waals surface area (Å²) in [6.45, 7) is 0.776. The third kappa shape index (κ3) is 4.42. The highest BCUT2D eigenvalue weighted by molar-refractivity contribution is 7.89. The number of benzene rings is 1. The monoisotopic (exact) mass is 364 g/mol. The van der Waals surface area contributed by atoms with Crippen molar-refractivity contribution in [2.24, 2.45) is 5.73 Å². The Kier molecular flexibility index (Phi) is 5.65. The summed E-state index contributed by atoms with van der Waals surface area (Å²) in [5, 5.41) is 0. The van der Waals surface area contributed by atoms with Crippen molar-refractivity contribution in [2.75, 3.05) is 6.54 Å². The zero-order valence-electron chi connectivity index (χ0n) is 11.0. The quantitative estimate of drug-likeness (QED) is 0.827. The number of sulfonamides is 1. The molecule has 8 heteroatoms. The van der Waals surface area contributed by atoms with Crippen LogP contribution in [0.3, 0.4) is 0 Å².